The Labute approximate surface area is 150 Å². The van der Waals surface area contributed by atoms with Crippen molar-refractivity contribution >= 4 is 11.5 Å². The predicted molar refractivity (Wildman–Crippen MR) is 96.2 cm³/mol. The molecule has 2 aromatic rings. The standard InChI is InChI=1S/C19H17FN4O2/c1-14-5-6-18(24(25)26)19(22-14)23-11-8-15(9-12-23)3-2-4-17-13-16(20)7-10-21-17/h3,5-7,10,13H,8-9,11-12H2,1H3. The van der Waals surface area contributed by atoms with Crippen LogP contribution in [0.4, 0.5) is 15.9 Å². The Morgan fingerprint density at radius 2 is 2.08 bits per heavy atom. The van der Waals surface area contributed by atoms with Gasteiger partial charge in [-0.2, -0.15) is 0 Å². The van der Waals surface area contributed by atoms with Gasteiger partial charge in [0.25, 0.3) is 0 Å². The number of rotatable bonds is 2. The Morgan fingerprint density at radius 3 is 2.77 bits per heavy atom. The summed E-state index contributed by atoms with van der Waals surface area (Å²) < 4.78 is 13.1. The lowest BCUT2D eigenvalue weighted by atomic mass is 10.0. The molecular formula is C19H17FN4O2. The van der Waals surface area contributed by atoms with E-state index in [1.54, 1.807) is 6.07 Å². The van der Waals surface area contributed by atoms with E-state index in [-0.39, 0.29) is 11.5 Å². The van der Waals surface area contributed by atoms with Gasteiger partial charge in [-0.1, -0.05) is 11.5 Å². The number of halogens is 1. The number of nitro groups is 1. The molecule has 1 fully saturated rings. The molecule has 6 nitrogen and oxygen atoms in total. The molecule has 0 aliphatic carbocycles. The third kappa shape index (κ3) is 4.22. The van der Waals surface area contributed by atoms with Gasteiger partial charge in [0, 0.05) is 37.1 Å². The molecule has 1 saturated heterocycles. The third-order valence-electron chi connectivity index (χ3n) is 4.09. The molecule has 3 rings (SSSR count). The van der Waals surface area contributed by atoms with E-state index >= 15 is 0 Å². The van der Waals surface area contributed by atoms with Crippen molar-refractivity contribution in [3.63, 3.8) is 0 Å². The quantitative estimate of drug-likeness (QED) is 0.470. The summed E-state index contributed by atoms with van der Waals surface area (Å²) in [7, 11) is 0. The minimum Gasteiger partial charge on any atom is -0.350 e. The molecule has 1 aliphatic rings. The van der Waals surface area contributed by atoms with Crippen LogP contribution in [0.15, 0.2) is 42.1 Å². The topological polar surface area (TPSA) is 72.2 Å². The van der Waals surface area contributed by atoms with Crippen molar-refractivity contribution < 1.29 is 9.31 Å². The monoisotopic (exact) mass is 352 g/mol. The summed E-state index contributed by atoms with van der Waals surface area (Å²) in [5.74, 6) is 5.78. The molecule has 0 radical (unpaired) electrons. The van der Waals surface area contributed by atoms with Gasteiger partial charge in [-0.3, -0.25) is 10.1 Å². The Bertz CT molecular complexity index is 921. The zero-order valence-corrected chi connectivity index (χ0v) is 14.3. The molecule has 0 unspecified atom stereocenters. The molecule has 0 atom stereocenters. The van der Waals surface area contributed by atoms with E-state index in [4.69, 9.17) is 0 Å². The van der Waals surface area contributed by atoms with Gasteiger partial charge in [0.05, 0.1) is 4.92 Å². The summed E-state index contributed by atoms with van der Waals surface area (Å²) >= 11 is 0. The Balaban J connectivity index is 1.68. The number of nitrogens with zero attached hydrogens (tertiary/aromatic N) is 4. The number of piperidine rings is 1. The largest absolute Gasteiger partial charge is 0.350 e. The molecule has 0 spiro atoms. The Hall–Kier alpha value is -3.27. The average molecular weight is 352 g/mol. The summed E-state index contributed by atoms with van der Waals surface area (Å²) in [5, 5.41) is 11.2. The maximum Gasteiger partial charge on any atom is 0.311 e. The predicted octanol–water partition coefficient (Wildman–Crippen LogP) is 3.41. The summed E-state index contributed by atoms with van der Waals surface area (Å²) in [6.07, 6.45) is 4.70. The summed E-state index contributed by atoms with van der Waals surface area (Å²) in [4.78, 5) is 21.1. The van der Waals surface area contributed by atoms with Gasteiger partial charge in [0.1, 0.15) is 11.5 Å². The zero-order valence-electron chi connectivity index (χ0n) is 14.3. The summed E-state index contributed by atoms with van der Waals surface area (Å²) in [5.41, 5.74) is 2.32. The van der Waals surface area contributed by atoms with Gasteiger partial charge in [-0.25, -0.2) is 14.4 Å². The fraction of sp³-hybridized carbons (Fsp3) is 0.263. The van der Waals surface area contributed by atoms with Crippen LogP contribution in [0.3, 0.4) is 0 Å². The molecular weight excluding hydrogens is 335 g/mol. The number of aryl methyl sites for hydroxylation is 1. The van der Waals surface area contributed by atoms with Crippen molar-refractivity contribution in [2.45, 2.75) is 19.8 Å². The van der Waals surface area contributed by atoms with Gasteiger partial charge in [0.2, 0.25) is 5.82 Å². The number of hydrogen-bond acceptors (Lipinski definition) is 5. The van der Waals surface area contributed by atoms with Crippen LogP contribution in [-0.4, -0.2) is 28.0 Å². The maximum atomic E-state index is 13.1. The van der Waals surface area contributed by atoms with E-state index in [1.165, 1.54) is 24.4 Å². The van der Waals surface area contributed by atoms with Crippen molar-refractivity contribution in [3.05, 3.63) is 69.4 Å². The molecule has 0 bridgehead atoms. The van der Waals surface area contributed by atoms with Crippen molar-refractivity contribution in [3.8, 4) is 11.8 Å². The zero-order chi connectivity index (χ0) is 18.5. The van der Waals surface area contributed by atoms with E-state index in [0.717, 1.165) is 24.1 Å². The lowest BCUT2D eigenvalue weighted by Gasteiger charge is -2.28. The number of aromatic nitrogens is 2. The fourth-order valence-corrected chi connectivity index (χ4v) is 2.75. The number of allylic oxidation sites excluding steroid dienone is 1. The first-order valence-electron chi connectivity index (χ1n) is 8.21. The van der Waals surface area contributed by atoms with Crippen LogP contribution in [0.1, 0.15) is 24.2 Å². The third-order valence-corrected chi connectivity index (χ3v) is 4.09. The van der Waals surface area contributed by atoms with Gasteiger partial charge < -0.3 is 4.90 Å². The van der Waals surface area contributed by atoms with Crippen molar-refractivity contribution in [1.29, 1.82) is 0 Å². The fourth-order valence-electron chi connectivity index (χ4n) is 2.75. The van der Waals surface area contributed by atoms with Crippen molar-refractivity contribution in [2.75, 3.05) is 18.0 Å². The smallest absolute Gasteiger partial charge is 0.311 e. The number of hydrogen-bond donors (Lipinski definition) is 0. The molecule has 1 aliphatic heterocycles. The SMILES string of the molecule is Cc1ccc([N+](=O)[O-])c(N2CCC(=CC#Cc3cc(F)ccn3)CC2)n1. The van der Waals surface area contributed by atoms with Crippen molar-refractivity contribution in [2.24, 2.45) is 0 Å². The highest BCUT2D eigenvalue weighted by Gasteiger charge is 2.23. The first kappa shape index (κ1) is 17.5. The summed E-state index contributed by atoms with van der Waals surface area (Å²) in [6, 6.07) is 5.71. The Kier molecular flexibility index (Phi) is 5.23. The van der Waals surface area contributed by atoms with Crippen molar-refractivity contribution in [1.82, 2.24) is 9.97 Å². The molecule has 0 amide bonds. The highest BCUT2D eigenvalue weighted by atomic mass is 19.1. The van der Waals surface area contributed by atoms with Gasteiger partial charge in [0.15, 0.2) is 0 Å². The van der Waals surface area contributed by atoms with E-state index in [2.05, 4.69) is 21.8 Å². The molecule has 0 aromatic carbocycles. The highest BCUT2D eigenvalue weighted by molar-refractivity contribution is 5.58. The molecule has 0 N–H and O–H groups in total. The second kappa shape index (κ2) is 7.74. The number of pyridine rings is 2. The highest BCUT2D eigenvalue weighted by Crippen LogP contribution is 2.29. The minimum absolute atomic E-state index is 0.0278. The van der Waals surface area contributed by atoms with Crippen LogP contribution < -0.4 is 4.90 Å². The van der Waals surface area contributed by atoms with E-state index in [0.29, 0.717) is 24.6 Å². The van der Waals surface area contributed by atoms with Gasteiger partial charge in [-0.05, 0) is 43.9 Å². The minimum atomic E-state index is -0.398. The van der Waals surface area contributed by atoms with Crippen LogP contribution in [0.5, 0.6) is 0 Å². The van der Waals surface area contributed by atoms with Gasteiger partial charge in [-0.15, -0.1) is 0 Å². The van der Waals surface area contributed by atoms with Gasteiger partial charge >= 0.3 is 5.69 Å². The lowest BCUT2D eigenvalue weighted by molar-refractivity contribution is -0.384. The van der Waals surface area contributed by atoms with Crippen LogP contribution in [0.2, 0.25) is 0 Å². The lowest BCUT2D eigenvalue weighted by Crippen LogP contribution is -2.32. The molecule has 132 valence electrons. The van der Waals surface area contributed by atoms with Crippen LogP contribution in [0, 0.1) is 34.7 Å². The van der Waals surface area contributed by atoms with E-state index < -0.39 is 4.92 Å². The Morgan fingerprint density at radius 1 is 1.31 bits per heavy atom. The second-order valence-electron chi connectivity index (χ2n) is 5.97. The normalized spacial score (nSPS) is 13.8. The second-order valence-corrected chi connectivity index (χ2v) is 5.97. The molecule has 26 heavy (non-hydrogen) atoms. The van der Waals surface area contributed by atoms with E-state index in [1.807, 2.05) is 17.9 Å². The van der Waals surface area contributed by atoms with Crippen LogP contribution >= 0.6 is 0 Å². The maximum absolute atomic E-state index is 13.1. The molecule has 0 saturated carbocycles. The molecule has 3 heterocycles. The molecule has 7 heteroatoms. The first-order valence-corrected chi connectivity index (χ1v) is 8.21. The van der Waals surface area contributed by atoms with Crippen LogP contribution in [0.25, 0.3) is 0 Å². The molecule has 2 aromatic heterocycles. The average Bonchev–Trinajstić information content (AvgIpc) is 2.62. The van der Waals surface area contributed by atoms with E-state index in [9.17, 15) is 14.5 Å². The van der Waals surface area contributed by atoms with Crippen LogP contribution in [-0.2, 0) is 0 Å². The number of anilines is 1. The first-order chi connectivity index (χ1) is 12.5. The summed E-state index contributed by atoms with van der Waals surface area (Å²) in [6.45, 7) is 3.10.